The molecule has 0 aliphatic heterocycles. The molecule has 130 valence electrons. The number of amides is 2. The quantitative estimate of drug-likeness (QED) is 0.450. The van der Waals surface area contributed by atoms with Gasteiger partial charge in [-0.2, -0.15) is 0 Å². The molecule has 7 heteroatoms. The maximum absolute atomic E-state index is 11.7. The van der Waals surface area contributed by atoms with Crippen LogP contribution in [0, 0.1) is 0 Å². The first-order valence-electron chi connectivity index (χ1n) is 7.63. The minimum atomic E-state index is -0.603. The van der Waals surface area contributed by atoms with Crippen molar-refractivity contribution < 1.29 is 19.1 Å². The van der Waals surface area contributed by atoms with Crippen LogP contribution in [0.25, 0.3) is 0 Å². The molecule has 0 saturated carbocycles. The number of hydrogen-bond donors (Lipinski definition) is 2. The van der Waals surface area contributed by atoms with Gasteiger partial charge in [-0.05, 0) is 24.3 Å². The summed E-state index contributed by atoms with van der Waals surface area (Å²) in [6.07, 6.45) is 0.198. The highest BCUT2D eigenvalue weighted by atomic mass is 32.2. The number of hydrazine groups is 1. The van der Waals surface area contributed by atoms with E-state index in [-0.39, 0.29) is 6.42 Å². The van der Waals surface area contributed by atoms with Gasteiger partial charge in [0.2, 0.25) is 0 Å². The lowest BCUT2D eigenvalue weighted by Gasteiger charge is -2.08. The molecule has 25 heavy (non-hydrogen) atoms. The number of benzene rings is 2. The first-order chi connectivity index (χ1) is 12.1. The summed E-state index contributed by atoms with van der Waals surface area (Å²) in [4.78, 5) is 36.0. The maximum Gasteiger partial charge on any atom is 0.307 e. The highest BCUT2D eigenvalue weighted by molar-refractivity contribution is 7.99. The zero-order chi connectivity index (χ0) is 17.9. The van der Waals surface area contributed by atoms with Gasteiger partial charge in [-0.25, -0.2) is 0 Å². The first kappa shape index (κ1) is 18.5. The van der Waals surface area contributed by atoms with E-state index in [1.54, 1.807) is 30.3 Å². The third-order valence-electron chi connectivity index (χ3n) is 3.03. The fraction of sp³-hybridized carbons (Fsp3) is 0.167. The standard InChI is InChI=1S/C18H18N2O4S/c21-16(19-20-18(23)14-7-3-1-4-8-14)13-24-17(22)11-12-25-15-9-5-2-6-10-15/h1-10H,11-13H2,(H,19,21)(H,20,23). The van der Waals surface area contributed by atoms with Crippen LogP contribution in [0.15, 0.2) is 65.6 Å². The molecular weight excluding hydrogens is 340 g/mol. The van der Waals surface area contributed by atoms with Crippen LogP contribution in [-0.2, 0) is 14.3 Å². The van der Waals surface area contributed by atoms with E-state index >= 15 is 0 Å². The number of thioether (sulfide) groups is 1. The lowest BCUT2D eigenvalue weighted by Crippen LogP contribution is -2.43. The van der Waals surface area contributed by atoms with Crippen molar-refractivity contribution in [2.45, 2.75) is 11.3 Å². The summed E-state index contributed by atoms with van der Waals surface area (Å²) in [5.41, 5.74) is 4.87. The number of nitrogens with one attached hydrogen (secondary N) is 2. The van der Waals surface area contributed by atoms with Gasteiger partial charge in [-0.3, -0.25) is 25.2 Å². The molecule has 0 atom stereocenters. The van der Waals surface area contributed by atoms with Gasteiger partial charge in [0.25, 0.3) is 11.8 Å². The lowest BCUT2D eigenvalue weighted by molar-refractivity contribution is -0.148. The molecule has 0 bridgehead atoms. The van der Waals surface area contributed by atoms with Crippen molar-refractivity contribution >= 4 is 29.5 Å². The Kier molecular flexibility index (Phi) is 7.52. The molecule has 2 amide bonds. The third kappa shape index (κ3) is 7.09. The zero-order valence-corrected chi connectivity index (χ0v) is 14.3. The summed E-state index contributed by atoms with van der Waals surface area (Å²) in [6, 6.07) is 18.1. The van der Waals surface area contributed by atoms with Crippen LogP contribution >= 0.6 is 11.8 Å². The highest BCUT2D eigenvalue weighted by Crippen LogP contribution is 2.17. The summed E-state index contributed by atoms with van der Waals surface area (Å²) in [5, 5.41) is 0. The molecule has 2 rings (SSSR count). The fourth-order valence-electron chi connectivity index (χ4n) is 1.81. The van der Waals surface area contributed by atoms with Crippen molar-refractivity contribution in [3.63, 3.8) is 0 Å². The van der Waals surface area contributed by atoms with E-state index in [4.69, 9.17) is 4.74 Å². The summed E-state index contributed by atoms with van der Waals surface area (Å²) in [6.45, 7) is -0.441. The molecule has 0 fully saturated rings. The first-order valence-corrected chi connectivity index (χ1v) is 8.61. The van der Waals surface area contributed by atoms with Crippen molar-refractivity contribution in [2.24, 2.45) is 0 Å². The van der Waals surface area contributed by atoms with Crippen LogP contribution in [0.3, 0.4) is 0 Å². The Hall–Kier alpha value is -2.80. The average molecular weight is 358 g/mol. The molecule has 0 radical (unpaired) electrons. The van der Waals surface area contributed by atoms with Crippen LogP contribution in [0.2, 0.25) is 0 Å². The van der Waals surface area contributed by atoms with Crippen LogP contribution < -0.4 is 10.9 Å². The van der Waals surface area contributed by atoms with Crippen LogP contribution in [-0.4, -0.2) is 30.1 Å². The maximum atomic E-state index is 11.7. The van der Waals surface area contributed by atoms with Crippen molar-refractivity contribution in [3.05, 3.63) is 66.2 Å². The van der Waals surface area contributed by atoms with Gasteiger partial charge in [0, 0.05) is 16.2 Å². The van der Waals surface area contributed by atoms with Gasteiger partial charge < -0.3 is 4.74 Å². The smallest absolute Gasteiger partial charge is 0.307 e. The van der Waals surface area contributed by atoms with E-state index in [2.05, 4.69) is 10.9 Å². The minimum absolute atomic E-state index is 0.198. The largest absolute Gasteiger partial charge is 0.455 e. The van der Waals surface area contributed by atoms with Crippen LogP contribution in [0.4, 0.5) is 0 Å². The van der Waals surface area contributed by atoms with Gasteiger partial charge in [0.05, 0.1) is 6.42 Å². The normalized spacial score (nSPS) is 9.92. The summed E-state index contributed by atoms with van der Waals surface area (Å²) in [5.74, 6) is -0.948. The molecule has 0 spiro atoms. The average Bonchev–Trinajstić information content (AvgIpc) is 2.66. The van der Waals surface area contributed by atoms with E-state index in [0.717, 1.165) is 4.90 Å². The van der Waals surface area contributed by atoms with Crippen molar-refractivity contribution in [2.75, 3.05) is 12.4 Å². The molecule has 0 aromatic heterocycles. The Labute approximate surface area is 149 Å². The monoisotopic (exact) mass is 358 g/mol. The van der Waals surface area contributed by atoms with Gasteiger partial charge in [-0.15, -0.1) is 11.8 Å². The Morgan fingerprint density at radius 3 is 2.20 bits per heavy atom. The highest BCUT2D eigenvalue weighted by Gasteiger charge is 2.09. The Morgan fingerprint density at radius 1 is 0.880 bits per heavy atom. The molecule has 0 saturated heterocycles. The molecular formula is C18H18N2O4S. The van der Waals surface area contributed by atoms with E-state index in [1.165, 1.54) is 11.8 Å². The molecule has 2 aromatic rings. The SMILES string of the molecule is O=C(COC(=O)CCSc1ccccc1)NNC(=O)c1ccccc1. The topological polar surface area (TPSA) is 84.5 Å². The zero-order valence-electron chi connectivity index (χ0n) is 13.4. The molecule has 0 unspecified atom stereocenters. The molecule has 2 aromatic carbocycles. The fourth-order valence-corrected chi connectivity index (χ4v) is 2.67. The Morgan fingerprint density at radius 2 is 1.52 bits per heavy atom. The molecule has 0 aliphatic carbocycles. The number of carbonyl (C=O) groups excluding carboxylic acids is 3. The third-order valence-corrected chi connectivity index (χ3v) is 4.05. The second kappa shape index (κ2) is 10.1. The van der Waals surface area contributed by atoms with Crippen LogP contribution in [0.5, 0.6) is 0 Å². The summed E-state index contributed by atoms with van der Waals surface area (Å²) in [7, 11) is 0. The number of esters is 1. The Bertz CT molecular complexity index is 708. The molecule has 0 aliphatic rings. The van der Waals surface area contributed by atoms with E-state index in [9.17, 15) is 14.4 Å². The van der Waals surface area contributed by atoms with Crippen molar-refractivity contribution in [3.8, 4) is 0 Å². The van der Waals surface area contributed by atoms with E-state index < -0.39 is 24.4 Å². The van der Waals surface area contributed by atoms with Gasteiger partial charge in [0.1, 0.15) is 0 Å². The molecule has 0 heterocycles. The minimum Gasteiger partial charge on any atom is -0.455 e. The van der Waals surface area contributed by atoms with Gasteiger partial charge in [-0.1, -0.05) is 36.4 Å². The molecule has 6 nitrogen and oxygen atoms in total. The van der Waals surface area contributed by atoms with Gasteiger partial charge >= 0.3 is 5.97 Å². The second-order valence-electron chi connectivity index (χ2n) is 4.94. The van der Waals surface area contributed by atoms with E-state index in [1.807, 2.05) is 30.3 Å². The van der Waals surface area contributed by atoms with Crippen molar-refractivity contribution in [1.82, 2.24) is 10.9 Å². The Balaban J connectivity index is 1.59. The summed E-state index contributed by atoms with van der Waals surface area (Å²) >= 11 is 1.54. The number of ether oxygens (including phenoxy) is 1. The lowest BCUT2D eigenvalue weighted by atomic mass is 10.2. The van der Waals surface area contributed by atoms with E-state index in [0.29, 0.717) is 11.3 Å². The summed E-state index contributed by atoms with van der Waals surface area (Å²) < 4.78 is 4.86. The van der Waals surface area contributed by atoms with Gasteiger partial charge in [0.15, 0.2) is 6.61 Å². The predicted molar refractivity (Wildman–Crippen MR) is 94.8 cm³/mol. The van der Waals surface area contributed by atoms with Crippen LogP contribution in [0.1, 0.15) is 16.8 Å². The molecule has 2 N–H and O–H groups in total. The number of rotatable bonds is 7. The predicted octanol–water partition coefficient (Wildman–Crippen LogP) is 2.17. The second-order valence-corrected chi connectivity index (χ2v) is 6.11. The van der Waals surface area contributed by atoms with Crippen molar-refractivity contribution in [1.29, 1.82) is 0 Å². The number of hydrogen-bond acceptors (Lipinski definition) is 5. The number of carbonyl (C=O) groups is 3.